The van der Waals surface area contributed by atoms with Crippen LogP contribution in [0, 0.1) is 0 Å². The molecule has 3 aromatic rings. The quantitative estimate of drug-likeness (QED) is 0.349. The summed E-state index contributed by atoms with van der Waals surface area (Å²) in [6.45, 7) is 0.494. The molecule has 0 bridgehead atoms. The lowest BCUT2D eigenvalue weighted by Gasteiger charge is -2.12. The van der Waals surface area contributed by atoms with Crippen molar-refractivity contribution >= 4 is 43.8 Å². The van der Waals surface area contributed by atoms with Crippen LogP contribution in [0.2, 0.25) is 0 Å². The molecule has 0 atom stereocenters. The Morgan fingerprint density at radius 3 is 2.32 bits per heavy atom. The first-order valence-corrected chi connectivity index (χ1v) is 9.31. The second-order valence-electron chi connectivity index (χ2n) is 5.32. The molecule has 0 aliphatic carbocycles. The van der Waals surface area contributed by atoms with Gasteiger partial charge >= 0.3 is 0 Å². The molecule has 3 nitrogen and oxygen atoms in total. The fourth-order valence-corrected chi connectivity index (χ4v) is 3.62. The molecule has 1 N–H and O–H groups in total. The summed E-state index contributed by atoms with van der Waals surface area (Å²) in [6.07, 6.45) is 1.75. The van der Waals surface area contributed by atoms with Crippen LogP contribution in [0.4, 0.5) is 5.69 Å². The lowest BCUT2D eigenvalue weighted by Crippen LogP contribution is -2.00. The van der Waals surface area contributed by atoms with Gasteiger partial charge < -0.3 is 4.74 Å². The van der Waals surface area contributed by atoms with E-state index in [1.165, 1.54) is 0 Å². The molecule has 0 aromatic heterocycles. The van der Waals surface area contributed by atoms with Crippen molar-refractivity contribution in [2.24, 2.45) is 5.10 Å². The molecule has 0 saturated carbocycles. The number of halogens is 2. The predicted octanol–water partition coefficient (Wildman–Crippen LogP) is 6.24. The fourth-order valence-electron chi connectivity index (χ4n) is 2.25. The number of hydrogen-bond acceptors (Lipinski definition) is 3. The monoisotopic (exact) mass is 458 g/mol. The number of anilines is 1. The largest absolute Gasteiger partial charge is 0.487 e. The smallest absolute Gasteiger partial charge is 0.142 e. The summed E-state index contributed by atoms with van der Waals surface area (Å²) in [5.41, 5.74) is 5.94. The first-order chi connectivity index (χ1) is 12.2. The van der Waals surface area contributed by atoms with Crippen molar-refractivity contribution < 1.29 is 4.74 Å². The molecule has 0 heterocycles. The molecule has 0 unspecified atom stereocenters. The van der Waals surface area contributed by atoms with Crippen molar-refractivity contribution in [2.75, 3.05) is 5.43 Å². The van der Waals surface area contributed by atoms with Crippen molar-refractivity contribution in [3.8, 4) is 5.75 Å². The molecule has 0 amide bonds. The first-order valence-electron chi connectivity index (χ1n) is 7.72. The van der Waals surface area contributed by atoms with Crippen LogP contribution in [0.3, 0.4) is 0 Å². The summed E-state index contributed by atoms with van der Waals surface area (Å²) in [5.74, 6) is 0.755. The van der Waals surface area contributed by atoms with Crippen molar-refractivity contribution in [1.82, 2.24) is 0 Å². The van der Waals surface area contributed by atoms with E-state index < -0.39 is 0 Å². The van der Waals surface area contributed by atoms with E-state index >= 15 is 0 Å². The zero-order valence-corrected chi connectivity index (χ0v) is 16.5. The molecule has 3 aromatic carbocycles. The van der Waals surface area contributed by atoms with E-state index in [0.29, 0.717) is 6.61 Å². The van der Waals surface area contributed by atoms with Gasteiger partial charge in [0.15, 0.2) is 0 Å². The second kappa shape index (κ2) is 8.83. The zero-order chi connectivity index (χ0) is 17.5. The van der Waals surface area contributed by atoms with E-state index in [-0.39, 0.29) is 0 Å². The Labute approximate surface area is 164 Å². The van der Waals surface area contributed by atoms with Crippen LogP contribution >= 0.6 is 31.9 Å². The van der Waals surface area contributed by atoms with E-state index in [1.54, 1.807) is 6.21 Å². The summed E-state index contributed by atoms with van der Waals surface area (Å²) in [4.78, 5) is 0. The SMILES string of the molecule is Brc1cc(Br)c(OCc2ccccc2)c(C=NNc2ccccc2)c1. The number of hydrazone groups is 1. The highest BCUT2D eigenvalue weighted by Crippen LogP contribution is 2.32. The van der Waals surface area contributed by atoms with Gasteiger partial charge in [-0.05, 0) is 45.8 Å². The third-order valence-electron chi connectivity index (χ3n) is 3.43. The Kier molecular flexibility index (Phi) is 6.25. The van der Waals surface area contributed by atoms with Crippen LogP contribution in [-0.2, 0) is 6.61 Å². The Balaban J connectivity index is 1.77. The zero-order valence-electron chi connectivity index (χ0n) is 13.3. The van der Waals surface area contributed by atoms with Gasteiger partial charge in [0.25, 0.3) is 0 Å². The van der Waals surface area contributed by atoms with Crippen molar-refractivity contribution in [3.63, 3.8) is 0 Å². The van der Waals surface area contributed by atoms with Crippen LogP contribution in [0.15, 0.2) is 86.8 Å². The number of nitrogens with one attached hydrogen (secondary N) is 1. The number of rotatable bonds is 6. The minimum Gasteiger partial charge on any atom is -0.487 e. The molecule has 0 saturated heterocycles. The Morgan fingerprint density at radius 2 is 1.60 bits per heavy atom. The van der Waals surface area contributed by atoms with Crippen molar-refractivity contribution in [2.45, 2.75) is 6.61 Å². The summed E-state index contributed by atoms with van der Waals surface area (Å²) in [5, 5.41) is 4.31. The average molecular weight is 460 g/mol. The molecule has 0 aliphatic rings. The Morgan fingerprint density at radius 1 is 0.920 bits per heavy atom. The van der Waals surface area contributed by atoms with E-state index in [9.17, 15) is 0 Å². The van der Waals surface area contributed by atoms with Crippen LogP contribution in [0.25, 0.3) is 0 Å². The molecular formula is C20H16Br2N2O. The number of para-hydroxylation sites is 1. The minimum absolute atomic E-state index is 0.494. The highest BCUT2D eigenvalue weighted by atomic mass is 79.9. The van der Waals surface area contributed by atoms with Crippen LogP contribution in [0.1, 0.15) is 11.1 Å². The second-order valence-corrected chi connectivity index (χ2v) is 7.09. The highest BCUT2D eigenvalue weighted by molar-refractivity contribution is 9.11. The molecule has 0 radical (unpaired) electrons. The highest BCUT2D eigenvalue weighted by Gasteiger charge is 2.09. The molecule has 0 aliphatic heterocycles. The first kappa shape index (κ1) is 17.7. The topological polar surface area (TPSA) is 33.6 Å². The molecule has 3 rings (SSSR count). The Bertz CT molecular complexity index is 852. The lowest BCUT2D eigenvalue weighted by atomic mass is 10.2. The van der Waals surface area contributed by atoms with Gasteiger partial charge in [-0.15, -0.1) is 0 Å². The summed E-state index contributed by atoms with van der Waals surface area (Å²) >= 11 is 7.08. The fraction of sp³-hybridized carbons (Fsp3) is 0.0500. The van der Waals surface area contributed by atoms with E-state index in [2.05, 4.69) is 42.4 Å². The van der Waals surface area contributed by atoms with E-state index in [0.717, 1.165) is 31.5 Å². The van der Waals surface area contributed by atoms with Crippen LogP contribution in [0.5, 0.6) is 5.75 Å². The van der Waals surface area contributed by atoms with Crippen LogP contribution < -0.4 is 10.2 Å². The molecule has 0 fully saturated rings. The summed E-state index contributed by atoms with van der Waals surface area (Å²) < 4.78 is 7.85. The maximum absolute atomic E-state index is 6.03. The number of benzene rings is 3. The van der Waals surface area contributed by atoms with Crippen molar-refractivity contribution in [1.29, 1.82) is 0 Å². The van der Waals surface area contributed by atoms with Gasteiger partial charge in [0, 0.05) is 10.0 Å². The predicted molar refractivity (Wildman–Crippen MR) is 110 cm³/mol. The van der Waals surface area contributed by atoms with E-state index in [4.69, 9.17) is 4.74 Å². The van der Waals surface area contributed by atoms with Gasteiger partial charge in [-0.1, -0.05) is 64.5 Å². The summed E-state index contributed by atoms with van der Waals surface area (Å²) in [6, 6.07) is 23.8. The Hall–Kier alpha value is -2.11. The van der Waals surface area contributed by atoms with E-state index in [1.807, 2.05) is 72.8 Å². The van der Waals surface area contributed by atoms with Gasteiger partial charge in [-0.3, -0.25) is 5.43 Å². The molecule has 25 heavy (non-hydrogen) atoms. The van der Waals surface area contributed by atoms with Gasteiger partial charge in [-0.25, -0.2) is 0 Å². The van der Waals surface area contributed by atoms with Gasteiger partial charge in [0.2, 0.25) is 0 Å². The average Bonchev–Trinajstić information content (AvgIpc) is 2.62. The van der Waals surface area contributed by atoms with Crippen LogP contribution in [-0.4, -0.2) is 6.21 Å². The molecule has 5 heteroatoms. The molecule has 126 valence electrons. The summed E-state index contributed by atoms with van der Waals surface area (Å²) in [7, 11) is 0. The van der Waals surface area contributed by atoms with Crippen molar-refractivity contribution in [3.05, 3.63) is 92.9 Å². The normalized spacial score (nSPS) is 10.8. The molecular weight excluding hydrogens is 444 g/mol. The molecule has 0 spiro atoms. The maximum atomic E-state index is 6.03. The standard InChI is InChI=1S/C20H16Br2N2O/c21-17-11-16(13-23-24-18-9-5-2-6-10-18)20(19(22)12-17)25-14-15-7-3-1-4-8-15/h1-13,24H,14H2. The number of ether oxygens (including phenoxy) is 1. The number of nitrogens with zero attached hydrogens (tertiary/aromatic N) is 1. The van der Waals surface area contributed by atoms with Gasteiger partial charge in [0.05, 0.1) is 16.4 Å². The lowest BCUT2D eigenvalue weighted by molar-refractivity contribution is 0.304. The minimum atomic E-state index is 0.494. The number of hydrogen-bond donors (Lipinski definition) is 1. The van der Waals surface area contributed by atoms with Gasteiger partial charge in [-0.2, -0.15) is 5.10 Å². The van der Waals surface area contributed by atoms with Gasteiger partial charge in [0.1, 0.15) is 12.4 Å². The maximum Gasteiger partial charge on any atom is 0.142 e. The third-order valence-corrected chi connectivity index (χ3v) is 4.48. The third kappa shape index (κ3) is 5.18.